The summed E-state index contributed by atoms with van der Waals surface area (Å²) < 4.78 is 5.77. The average molecular weight is 298 g/mol. The molecule has 0 aliphatic rings. The van der Waals surface area contributed by atoms with Gasteiger partial charge in [0.2, 0.25) is 5.71 Å². The summed E-state index contributed by atoms with van der Waals surface area (Å²) in [5.74, 6) is 0. The third kappa shape index (κ3) is 1.80. The van der Waals surface area contributed by atoms with Crippen LogP contribution in [0, 0.1) is 0 Å². The summed E-state index contributed by atoms with van der Waals surface area (Å²) >= 11 is 0. The standard InChI is InChI=1S/C18H10N4O/c1-3-11-4-2-8-20-16(11)12(5-1)14-7-6-13-17-15(9-19-10-21-17)23-18(13)22-14/h1-10H. The van der Waals surface area contributed by atoms with Gasteiger partial charge in [-0.05, 0) is 18.2 Å². The van der Waals surface area contributed by atoms with Crippen molar-refractivity contribution in [1.29, 1.82) is 0 Å². The fourth-order valence-electron chi connectivity index (χ4n) is 2.86. The topological polar surface area (TPSA) is 64.7 Å². The van der Waals surface area contributed by atoms with E-state index in [9.17, 15) is 0 Å². The summed E-state index contributed by atoms with van der Waals surface area (Å²) in [5, 5.41) is 1.97. The lowest BCUT2D eigenvalue weighted by molar-refractivity contribution is 0.651. The lowest BCUT2D eigenvalue weighted by Gasteiger charge is -2.04. The van der Waals surface area contributed by atoms with Crippen LogP contribution in [0.1, 0.15) is 0 Å². The number of rotatable bonds is 1. The van der Waals surface area contributed by atoms with Gasteiger partial charge < -0.3 is 4.42 Å². The molecule has 5 heteroatoms. The van der Waals surface area contributed by atoms with E-state index in [1.165, 1.54) is 6.33 Å². The molecule has 0 unspecified atom stereocenters. The van der Waals surface area contributed by atoms with Gasteiger partial charge in [0.05, 0.1) is 22.8 Å². The van der Waals surface area contributed by atoms with Crippen LogP contribution in [0.15, 0.2) is 65.6 Å². The predicted molar refractivity (Wildman–Crippen MR) is 87.8 cm³/mol. The van der Waals surface area contributed by atoms with Crippen LogP contribution in [0.4, 0.5) is 0 Å². The van der Waals surface area contributed by atoms with Gasteiger partial charge in [0.25, 0.3) is 0 Å². The van der Waals surface area contributed by atoms with Crippen LogP contribution in [-0.2, 0) is 0 Å². The Bertz CT molecular complexity index is 1170. The molecule has 5 nitrogen and oxygen atoms in total. The van der Waals surface area contributed by atoms with Crippen molar-refractivity contribution >= 4 is 33.1 Å². The first kappa shape index (κ1) is 12.2. The van der Waals surface area contributed by atoms with Crippen LogP contribution in [-0.4, -0.2) is 19.9 Å². The second kappa shape index (κ2) is 4.58. The molecular weight excluding hydrogens is 288 g/mol. The van der Waals surface area contributed by atoms with Crippen molar-refractivity contribution in [3.05, 3.63) is 61.2 Å². The first-order valence-electron chi connectivity index (χ1n) is 7.23. The van der Waals surface area contributed by atoms with E-state index in [0.29, 0.717) is 11.3 Å². The highest BCUT2D eigenvalue weighted by molar-refractivity contribution is 6.02. The molecule has 23 heavy (non-hydrogen) atoms. The number of hydrogen-bond donors (Lipinski definition) is 0. The van der Waals surface area contributed by atoms with Gasteiger partial charge >= 0.3 is 0 Å². The van der Waals surface area contributed by atoms with E-state index in [2.05, 4.69) is 19.9 Å². The summed E-state index contributed by atoms with van der Waals surface area (Å²) in [5.41, 5.74) is 4.72. The molecule has 0 radical (unpaired) electrons. The Morgan fingerprint density at radius 3 is 2.83 bits per heavy atom. The fraction of sp³-hybridized carbons (Fsp3) is 0. The molecule has 0 bridgehead atoms. The minimum Gasteiger partial charge on any atom is -0.434 e. The number of benzene rings is 1. The largest absolute Gasteiger partial charge is 0.434 e. The van der Waals surface area contributed by atoms with Crippen LogP contribution in [0.5, 0.6) is 0 Å². The molecular formula is C18H10N4O. The van der Waals surface area contributed by atoms with Gasteiger partial charge in [-0.2, -0.15) is 0 Å². The maximum absolute atomic E-state index is 5.77. The smallest absolute Gasteiger partial charge is 0.229 e. The summed E-state index contributed by atoms with van der Waals surface area (Å²) in [6.45, 7) is 0. The Morgan fingerprint density at radius 2 is 1.83 bits per heavy atom. The zero-order valence-corrected chi connectivity index (χ0v) is 12.0. The summed E-state index contributed by atoms with van der Waals surface area (Å²) in [6.07, 6.45) is 4.96. The van der Waals surface area contributed by atoms with Gasteiger partial charge in [0, 0.05) is 17.1 Å². The molecule has 5 rings (SSSR count). The van der Waals surface area contributed by atoms with Gasteiger partial charge in [-0.3, -0.25) is 4.98 Å². The zero-order valence-electron chi connectivity index (χ0n) is 12.0. The second-order valence-electron chi connectivity index (χ2n) is 5.27. The van der Waals surface area contributed by atoms with Crippen molar-refractivity contribution < 1.29 is 4.42 Å². The molecule has 0 fully saturated rings. The highest BCUT2D eigenvalue weighted by atomic mass is 16.3. The summed E-state index contributed by atoms with van der Waals surface area (Å²) in [7, 11) is 0. The van der Waals surface area contributed by atoms with Crippen LogP contribution in [0.3, 0.4) is 0 Å². The Balaban J connectivity index is 1.81. The van der Waals surface area contributed by atoms with Crippen molar-refractivity contribution in [2.75, 3.05) is 0 Å². The van der Waals surface area contributed by atoms with E-state index < -0.39 is 0 Å². The first-order valence-corrected chi connectivity index (χ1v) is 7.23. The van der Waals surface area contributed by atoms with Crippen LogP contribution < -0.4 is 0 Å². The third-order valence-corrected chi connectivity index (χ3v) is 3.91. The first-order chi connectivity index (χ1) is 11.4. The van der Waals surface area contributed by atoms with Gasteiger partial charge in [-0.1, -0.05) is 24.3 Å². The Kier molecular flexibility index (Phi) is 2.43. The monoisotopic (exact) mass is 298 g/mol. The van der Waals surface area contributed by atoms with Gasteiger partial charge in [-0.25, -0.2) is 15.0 Å². The van der Waals surface area contributed by atoms with Gasteiger partial charge in [0.1, 0.15) is 11.8 Å². The maximum atomic E-state index is 5.77. The van der Waals surface area contributed by atoms with E-state index in [4.69, 9.17) is 4.42 Å². The Morgan fingerprint density at radius 1 is 0.870 bits per heavy atom. The highest BCUT2D eigenvalue weighted by Crippen LogP contribution is 2.30. The number of pyridine rings is 2. The lowest BCUT2D eigenvalue weighted by Crippen LogP contribution is -1.87. The molecule has 0 spiro atoms. The number of para-hydroxylation sites is 1. The third-order valence-electron chi connectivity index (χ3n) is 3.91. The van der Waals surface area contributed by atoms with Crippen molar-refractivity contribution in [2.45, 2.75) is 0 Å². The predicted octanol–water partition coefficient (Wildman–Crippen LogP) is 3.99. The number of fused-ring (bicyclic) bond motifs is 4. The lowest BCUT2D eigenvalue weighted by atomic mass is 10.1. The highest BCUT2D eigenvalue weighted by Gasteiger charge is 2.12. The summed E-state index contributed by atoms with van der Waals surface area (Å²) in [6, 6.07) is 14.0. The molecule has 0 saturated carbocycles. The Labute approximate surface area is 130 Å². The van der Waals surface area contributed by atoms with E-state index in [0.717, 1.165) is 33.1 Å². The van der Waals surface area contributed by atoms with Gasteiger partial charge in [-0.15, -0.1) is 0 Å². The van der Waals surface area contributed by atoms with Gasteiger partial charge in [0.15, 0.2) is 5.58 Å². The molecule has 108 valence electrons. The van der Waals surface area contributed by atoms with E-state index in [1.807, 2.05) is 42.5 Å². The van der Waals surface area contributed by atoms with Crippen molar-refractivity contribution in [2.24, 2.45) is 0 Å². The van der Waals surface area contributed by atoms with E-state index in [1.54, 1.807) is 12.4 Å². The molecule has 0 aliphatic carbocycles. The number of aromatic nitrogens is 4. The second-order valence-corrected chi connectivity index (χ2v) is 5.27. The average Bonchev–Trinajstić information content (AvgIpc) is 2.99. The van der Waals surface area contributed by atoms with E-state index in [-0.39, 0.29) is 0 Å². The fourth-order valence-corrected chi connectivity index (χ4v) is 2.86. The van der Waals surface area contributed by atoms with Crippen LogP contribution >= 0.6 is 0 Å². The number of furan rings is 1. The van der Waals surface area contributed by atoms with Crippen molar-refractivity contribution in [1.82, 2.24) is 19.9 Å². The van der Waals surface area contributed by atoms with Crippen LogP contribution in [0.25, 0.3) is 44.4 Å². The van der Waals surface area contributed by atoms with E-state index >= 15 is 0 Å². The van der Waals surface area contributed by atoms with Crippen molar-refractivity contribution in [3.63, 3.8) is 0 Å². The molecule has 0 saturated heterocycles. The number of hydrogen-bond acceptors (Lipinski definition) is 5. The molecule has 1 aromatic carbocycles. The summed E-state index contributed by atoms with van der Waals surface area (Å²) in [4.78, 5) is 17.4. The molecule has 4 heterocycles. The Hall–Kier alpha value is -3.34. The zero-order chi connectivity index (χ0) is 15.2. The molecule has 0 amide bonds. The molecule has 0 N–H and O–H groups in total. The van der Waals surface area contributed by atoms with Crippen LogP contribution in [0.2, 0.25) is 0 Å². The normalized spacial score (nSPS) is 11.5. The SMILES string of the molecule is c1cnc2c(-c3ccc4c(n3)oc3cncnc34)cccc2c1. The minimum absolute atomic E-state index is 0.561. The minimum atomic E-state index is 0.561. The molecule has 0 aliphatic heterocycles. The molecule has 5 aromatic rings. The quantitative estimate of drug-likeness (QED) is 0.468. The van der Waals surface area contributed by atoms with Crippen molar-refractivity contribution in [3.8, 4) is 11.3 Å². The molecule has 4 aromatic heterocycles. The number of nitrogens with zero attached hydrogens (tertiary/aromatic N) is 4. The maximum Gasteiger partial charge on any atom is 0.229 e. The molecule has 0 atom stereocenters.